The number of carbonyl (C=O) groups excluding carboxylic acids is 1. The molecule has 0 radical (unpaired) electrons. The number of rotatable bonds is 7. The maximum absolute atomic E-state index is 12.2. The van der Waals surface area contributed by atoms with Crippen molar-refractivity contribution >= 4 is 35.8 Å². The van der Waals surface area contributed by atoms with Crippen LogP contribution in [0.25, 0.3) is 0 Å². The minimum Gasteiger partial charge on any atom is -0.357 e. The summed E-state index contributed by atoms with van der Waals surface area (Å²) in [7, 11) is 0. The maximum atomic E-state index is 12.2. The molecular formula is C17H31F3IN5O. The molecule has 2 fully saturated rings. The lowest BCUT2D eigenvalue weighted by Crippen LogP contribution is -2.52. The van der Waals surface area contributed by atoms with E-state index in [0.717, 1.165) is 45.6 Å². The molecule has 10 heteroatoms. The van der Waals surface area contributed by atoms with E-state index in [-0.39, 0.29) is 36.4 Å². The molecule has 1 saturated heterocycles. The number of halogens is 4. The van der Waals surface area contributed by atoms with Crippen LogP contribution < -0.4 is 10.6 Å². The van der Waals surface area contributed by atoms with E-state index >= 15 is 0 Å². The molecule has 0 unspecified atom stereocenters. The van der Waals surface area contributed by atoms with E-state index in [0.29, 0.717) is 25.0 Å². The van der Waals surface area contributed by atoms with Gasteiger partial charge in [0.25, 0.3) is 0 Å². The summed E-state index contributed by atoms with van der Waals surface area (Å²) in [5, 5.41) is 6.03. The Kier molecular flexibility index (Phi) is 10.7. The van der Waals surface area contributed by atoms with E-state index in [2.05, 4.69) is 20.5 Å². The van der Waals surface area contributed by atoms with Crippen LogP contribution in [0.1, 0.15) is 32.6 Å². The number of guanidine groups is 1. The number of hydrogen-bond acceptors (Lipinski definition) is 3. The van der Waals surface area contributed by atoms with Crippen molar-refractivity contribution in [1.29, 1.82) is 0 Å². The predicted molar refractivity (Wildman–Crippen MR) is 110 cm³/mol. The SMILES string of the molecule is CCNC(=NCCC(F)(F)F)NCCN1CCN(C(=O)C2CCC2)CC1.I. The zero-order chi connectivity index (χ0) is 19.0. The highest BCUT2D eigenvalue weighted by atomic mass is 127. The number of nitrogens with zero attached hydrogens (tertiary/aromatic N) is 3. The third kappa shape index (κ3) is 8.84. The minimum atomic E-state index is -4.18. The summed E-state index contributed by atoms with van der Waals surface area (Å²) < 4.78 is 36.6. The van der Waals surface area contributed by atoms with Gasteiger partial charge >= 0.3 is 6.18 Å². The van der Waals surface area contributed by atoms with Gasteiger partial charge in [-0.05, 0) is 19.8 Å². The molecule has 1 aliphatic carbocycles. The second-order valence-corrected chi connectivity index (χ2v) is 6.85. The quantitative estimate of drug-likeness (QED) is 0.316. The highest BCUT2D eigenvalue weighted by Crippen LogP contribution is 2.28. The van der Waals surface area contributed by atoms with Gasteiger partial charge in [0.15, 0.2) is 5.96 Å². The number of alkyl halides is 3. The third-order valence-corrected chi connectivity index (χ3v) is 4.87. The molecule has 0 aromatic carbocycles. The van der Waals surface area contributed by atoms with Gasteiger partial charge in [-0.2, -0.15) is 13.2 Å². The van der Waals surface area contributed by atoms with E-state index in [1.807, 2.05) is 11.8 Å². The minimum absolute atomic E-state index is 0. The number of nitrogens with one attached hydrogen (secondary N) is 2. The van der Waals surface area contributed by atoms with Gasteiger partial charge in [0.1, 0.15) is 0 Å². The topological polar surface area (TPSA) is 60.0 Å². The van der Waals surface area contributed by atoms with Gasteiger partial charge in [-0.25, -0.2) is 0 Å². The monoisotopic (exact) mass is 505 g/mol. The second-order valence-electron chi connectivity index (χ2n) is 6.85. The first kappa shape index (κ1) is 24.3. The summed E-state index contributed by atoms with van der Waals surface area (Å²) in [6.07, 6.45) is -1.87. The van der Waals surface area contributed by atoms with E-state index < -0.39 is 12.6 Å². The summed E-state index contributed by atoms with van der Waals surface area (Å²) in [4.78, 5) is 20.4. The van der Waals surface area contributed by atoms with Gasteiger partial charge in [0.2, 0.25) is 5.91 Å². The van der Waals surface area contributed by atoms with E-state index in [1.54, 1.807) is 0 Å². The van der Waals surface area contributed by atoms with Crippen LogP contribution >= 0.6 is 24.0 Å². The molecule has 0 aromatic heterocycles. The highest BCUT2D eigenvalue weighted by Gasteiger charge is 2.31. The van der Waals surface area contributed by atoms with Crippen molar-refractivity contribution in [3.05, 3.63) is 0 Å². The summed E-state index contributed by atoms with van der Waals surface area (Å²) >= 11 is 0. The predicted octanol–water partition coefficient (Wildman–Crippen LogP) is 2.06. The molecule has 6 nitrogen and oxygen atoms in total. The van der Waals surface area contributed by atoms with Gasteiger partial charge in [0.05, 0.1) is 13.0 Å². The van der Waals surface area contributed by atoms with Gasteiger partial charge in [-0.15, -0.1) is 24.0 Å². The molecule has 2 N–H and O–H groups in total. The lowest BCUT2D eigenvalue weighted by atomic mass is 9.84. The van der Waals surface area contributed by atoms with Crippen LogP contribution in [0.15, 0.2) is 4.99 Å². The van der Waals surface area contributed by atoms with Gasteiger partial charge < -0.3 is 15.5 Å². The van der Waals surface area contributed by atoms with E-state index in [4.69, 9.17) is 0 Å². The van der Waals surface area contributed by atoms with Crippen LogP contribution in [0, 0.1) is 5.92 Å². The normalized spacial score (nSPS) is 19.3. The van der Waals surface area contributed by atoms with Gasteiger partial charge in [-0.3, -0.25) is 14.7 Å². The number of aliphatic imine (C=N–C) groups is 1. The molecule has 0 aromatic rings. The van der Waals surface area contributed by atoms with Crippen molar-refractivity contribution in [3.63, 3.8) is 0 Å². The van der Waals surface area contributed by atoms with Crippen LogP contribution in [0.4, 0.5) is 13.2 Å². The molecule has 2 aliphatic rings. The average Bonchev–Trinajstić information content (AvgIpc) is 2.52. The molecule has 1 saturated carbocycles. The molecule has 0 spiro atoms. The van der Waals surface area contributed by atoms with E-state index in [1.165, 1.54) is 6.42 Å². The largest absolute Gasteiger partial charge is 0.390 e. The Hall–Kier alpha value is -0.780. The number of carbonyl (C=O) groups is 1. The Balaban J connectivity index is 0.00000364. The van der Waals surface area contributed by atoms with Crippen LogP contribution in [-0.2, 0) is 4.79 Å². The zero-order valence-electron chi connectivity index (χ0n) is 15.9. The Labute approximate surface area is 176 Å². The Morgan fingerprint density at radius 3 is 2.33 bits per heavy atom. The summed E-state index contributed by atoms with van der Waals surface area (Å²) in [5.41, 5.74) is 0. The average molecular weight is 505 g/mol. The van der Waals surface area contributed by atoms with Crippen molar-refractivity contribution in [2.45, 2.75) is 38.8 Å². The van der Waals surface area contributed by atoms with Crippen LogP contribution in [0.3, 0.4) is 0 Å². The molecule has 1 aliphatic heterocycles. The number of hydrogen-bond donors (Lipinski definition) is 2. The smallest absolute Gasteiger partial charge is 0.357 e. The third-order valence-electron chi connectivity index (χ3n) is 4.87. The summed E-state index contributed by atoms with van der Waals surface area (Å²) in [5.74, 6) is 0.967. The summed E-state index contributed by atoms with van der Waals surface area (Å²) in [6.45, 7) is 6.76. The lowest BCUT2D eigenvalue weighted by Gasteiger charge is -2.38. The van der Waals surface area contributed by atoms with Crippen LogP contribution in [-0.4, -0.2) is 80.2 Å². The molecule has 0 atom stereocenters. The molecule has 1 amide bonds. The zero-order valence-corrected chi connectivity index (χ0v) is 18.2. The Bertz CT molecular complexity index is 478. The molecule has 27 heavy (non-hydrogen) atoms. The van der Waals surface area contributed by atoms with E-state index in [9.17, 15) is 18.0 Å². The molecule has 0 bridgehead atoms. The Morgan fingerprint density at radius 2 is 1.81 bits per heavy atom. The van der Waals surface area contributed by atoms with Crippen molar-refractivity contribution < 1.29 is 18.0 Å². The first-order chi connectivity index (χ1) is 12.4. The first-order valence-corrected chi connectivity index (χ1v) is 9.49. The van der Waals surface area contributed by atoms with Crippen LogP contribution in [0.2, 0.25) is 0 Å². The fourth-order valence-corrected chi connectivity index (χ4v) is 3.07. The molecule has 2 rings (SSSR count). The second kappa shape index (κ2) is 11.9. The van der Waals surface area contributed by atoms with Crippen molar-refractivity contribution in [3.8, 4) is 0 Å². The molecule has 158 valence electrons. The fourth-order valence-electron chi connectivity index (χ4n) is 3.07. The maximum Gasteiger partial charge on any atom is 0.390 e. The molecule has 1 heterocycles. The standard InChI is InChI=1S/C17H30F3N5O.HI/c1-2-21-16(22-7-6-17(18,19)20)23-8-9-24-10-12-25(13-11-24)15(26)14-4-3-5-14;/h14H,2-13H2,1H3,(H2,21,22,23);1H. The van der Waals surface area contributed by atoms with Crippen molar-refractivity contribution in [2.24, 2.45) is 10.9 Å². The van der Waals surface area contributed by atoms with Crippen LogP contribution in [0.5, 0.6) is 0 Å². The number of amides is 1. The summed E-state index contributed by atoms with van der Waals surface area (Å²) in [6, 6.07) is 0. The molecular weight excluding hydrogens is 474 g/mol. The van der Waals surface area contributed by atoms with Gasteiger partial charge in [0, 0.05) is 51.7 Å². The van der Waals surface area contributed by atoms with Crippen molar-refractivity contribution in [2.75, 3.05) is 52.4 Å². The highest BCUT2D eigenvalue weighted by molar-refractivity contribution is 14.0. The van der Waals surface area contributed by atoms with Gasteiger partial charge in [-0.1, -0.05) is 6.42 Å². The van der Waals surface area contributed by atoms with Crippen molar-refractivity contribution in [1.82, 2.24) is 20.4 Å². The number of piperazine rings is 1. The first-order valence-electron chi connectivity index (χ1n) is 9.49. The Morgan fingerprint density at radius 1 is 1.15 bits per heavy atom. The fraction of sp³-hybridized carbons (Fsp3) is 0.882. The lowest BCUT2D eigenvalue weighted by molar-refractivity contribution is -0.140.